The van der Waals surface area contributed by atoms with Crippen molar-refractivity contribution < 1.29 is 13.2 Å². The van der Waals surface area contributed by atoms with Crippen molar-refractivity contribution in [2.45, 2.75) is 12.2 Å². The van der Waals surface area contributed by atoms with Crippen LogP contribution in [0.2, 0.25) is 0 Å². The second-order valence-electron chi connectivity index (χ2n) is 3.46. The summed E-state index contributed by atoms with van der Waals surface area (Å²) < 4.78 is 37.4. The third kappa shape index (κ3) is 2.65. The molecule has 0 radical (unpaired) electrons. The molecule has 0 aliphatic carbocycles. The Balaban J connectivity index is 2.32. The number of nitrogens with one attached hydrogen (secondary N) is 1. The van der Waals surface area contributed by atoms with Crippen molar-refractivity contribution in [1.82, 2.24) is 20.3 Å². The van der Waals surface area contributed by atoms with E-state index in [2.05, 4.69) is 20.3 Å². The van der Waals surface area contributed by atoms with Crippen molar-refractivity contribution in [3.05, 3.63) is 40.4 Å². The minimum absolute atomic E-state index is 0.389. The van der Waals surface area contributed by atoms with E-state index in [1.807, 2.05) is 0 Å². The molecule has 0 aromatic carbocycles. The van der Waals surface area contributed by atoms with Crippen molar-refractivity contribution in [2.24, 2.45) is 0 Å². The number of hydrogen-bond acceptors (Lipinski definition) is 5. The Bertz CT molecular complexity index is 511. The number of rotatable bonds is 3. The fourth-order valence-electron chi connectivity index (χ4n) is 1.48. The normalized spacial score (nSPS) is 13.6. The molecule has 0 aliphatic heterocycles. The van der Waals surface area contributed by atoms with E-state index >= 15 is 0 Å². The molecule has 0 saturated heterocycles. The van der Waals surface area contributed by atoms with Crippen LogP contribution in [0.3, 0.4) is 0 Å². The van der Waals surface area contributed by atoms with Gasteiger partial charge in [-0.2, -0.15) is 13.2 Å². The third-order valence-electron chi connectivity index (χ3n) is 2.25. The van der Waals surface area contributed by atoms with Crippen LogP contribution in [0, 0.1) is 0 Å². The topological polar surface area (TPSA) is 50.7 Å². The molecule has 1 N–H and O–H groups in total. The van der Waals surface area contributed by atoms with E-state index in [-0.39, 0.29) is 6.04 Å². The van der Waals surface area contributed by atoms with Gasteiger partial charge in [-0.25, -0.2) is 15.0 Å². The fraction of sp³-hybridized carbons (Fsp3) is 0.300. The standard InChI is InChI=1S/C10H9F3N4S/c1-14-8(6-2-15-5-16-3-6)7-4-17-9(18-7)10(11,12)13/h2-5,8,14H,1H3. The molecule has 0 spiro atoms. The van der Waals surface area contributed by atoms with Crippen molar-refractivity contribution in [2.75, 3.05) is 7.05 Å². The second kappa shape index (κ2) is 4.99. The van der Waals surface area contributed by atoms with Crippen LogP contribution in [0.25, 0.3) is 0 Å². The molecule has 8 heteroatoms. The van der Waals surface area contributed by atoms with Crippen LogP contribution in [-0.2, 0) is 6.18 Å². The minimum atomic E-state index is -4.41. The Hall–Kier alpha value is -1.54. The molecule has 0 aliphatic rings. The van der Waals surface area contributed by atoms with Crippen LogP contribution in [0.4, 0.5) is 13.2 Å². The summed E-state index contributed by atoms with van der Waals surface area (Å²) in [6.45, 7) is 0. The molecular weight excluding hydrogens is 265 g/mol. The Morgan fingerprint density at radius 3 is 2.39 bits per heavy atom. The van der Waals surface area contributed by atoms with E-state index in [0.29, 0.717) is 21.8 Å². The molecular formula is C10H9F3N4S. The smallest absolute Gasteiger partial charge is 0.309 e. The van der Waals surface area contributed by atoms with Gasteiger partial charge in [0, 0.05) is 29.0 Å². The van der Waals surface area contributed by atoms with Gasteiger partial charge in [0.1, 0.15) is 6.33 Å². The van der Waals surface area contributed by atoms with Crippen molar-refractivity contribution in [3.8, 4) is 0 Å². The molecule has 2 rings (SSSR count). The average Bonchev–Trinajstić information content (AvgIpc) is 2.81. The van der Waals surface area contributed by atoms with Gasteiger partial charge in [0.05, 0.1) is 6.04 Å². The minimum Gasteiger partial charge on any atom is -0.309 e. The van der Waals surface area contributed by atoms with Crippen molar-refractivity contribution in [1.29, 1.82) is 0 Å². The number of thiazole rings is 1. The lowest BCUT2D eigenvalue weighted by molar-refractivity contribution is -0.137. The highest BCUT2D eigenvalue weighted by Crippen LogP contribution is 2.35. The zero-order valence-corrected chi connectivity index (χ0v) is 10.1. The lowest BCUT2D eigenvalue weighted by atomic mass is 10.1. The number of hydrogen-bond donors (Lipinski definition) is 1. The second-order valence-corrected chi connectivity index (χ2v) is 4.52. The lowest BCUT2D eigenvalue weighted by Gasteiger charge is -2.13. The number of halogens is 3. The number of aromatic nitrogens is 3. The lowest BCUT2D eigenvalue weighted by Crippen LogP contribution is -2.16. The van der Waals surface area contributed by atoms with Crippen LogP contribution in [-0.4, -0.2) is 22.0 Å². The Labute approximate surface area is 105 Å². The van der Waals surface area contributed by atoms with Crippen LogP contribution >= 0.6 is 11.3 Å². The molecule has 2 heterocycles. The molecule has 1 atom stereocenters. The molecule has 4 nitrogen and oxygen atoms in total. The van der Waals surface area contributed by atoms with E-state index in [9.17, 15) is 13.2 Å². The maximum atomic E-state index is 12.5. The van der Waals surface area contributed by atoms with Crippen molar-refractivity contribution >= 4 is 11.3 Å². The molecule has 0 bridgehead atoms. The largest absolute Gasteiger partial charge is 0.443 e. The molecule has 2 aromatic rings. The first-order valence-corrected chi connectivity index (χ1v) is 5.79. The van der Waals surface area contributed by atoms with Gasteiger partial charge in [-0.15, -0.1) is 11.3 Å². The van der Waals surface area contributed by atoms with Gasteiger partial charge in [0.25, 0.3) is 0 Å². The highest BCUT2D eigenvalue weighted by Gasteiger charge is 2.35. The number of nitrogens with zero attached hydrogens (tertiary/aromatic N) is 3. The van der Waals surface area contributed by atoms with Gasteiger partial charge in [-0.05, 0) is 7.05 Å². The molecule has 18 heavy (non-hydrogen) atoms. The summed E-state index contributed by atoms with van der Waals surface area (Å²) in [7, 11) is 1.66. The molecule has 1 unspecified atom stereocenters. The summed E-state index contributed by atoms with van der Waals surface area (Å²) in [5.74, 6) is 0. The summed E-state index contributed by atoms with van der Waals surface area (Å²) in [5, 5.41) is 2.07. The monoisotopic (exact) mass is 274 g/mol. The molecule has 96 valence electrons. The first-order chi connectivity index (χ1) is 8.52. The summed E-state index contributed by atoms with van der Waals surface area (Å²) in [6, 6.07) is -0.389. The quantitative estimate of drug-likeness (QED) is 0.932. The zero-order chi connectivity index (χ0) is 13.2. The van der Waals surface area contributed by atoms with E-state index < -0.39 is 11.2 Å². The van der Waals surface area contributed by atoms with Gasteiger partial charge in [-0.3, -0.25) is 0 Å². The highest BCUT2D eigenvalue weighted by molar-refractivity contribution is 7.11. The fourth-order valence-corrected chi connectivity index (χ4v) is 2.41. The van der Waals surface area contributed by atoms with Gasteiger partial charge in [-0.1, -0.05) is 0 Å². The Morgan fingerprint density at radius 1 is 1.22 bits per heavy atom. The maximum Gasteiger partial charge on any atom is 0.443 e. The maximum absolute atomic E-state index is 12.5. The first-order valence-electron chi connectivity index (χ1n) is 4.97. The summed E-state index contributed by atoms with van der Waals surface area (Å²) in [4.78, 5) is 11.6. The molecule has 0 saturated carbocycles. The number of alkyl halides is 3. The average molecular weight is 274 g/mol. The predicted octanol–water partition coefficient (Wildman–Crippen LogP) is 2.26. The van der Waals surface area contributed by atoms with E-state index in [1.165, 1.54) is 12.5 Å². The Morgan fingerprint density at radius 2 is 1.89 bits per heavy atom. The van der Waals surface area contributed by atoms with E-state index in [1.54, 1.807) is 19.4 Å². The third-order valence-corrected chi connectivity index (χ3v) is 3.36. The summed E-state index contributed by atoms with van der Waals surface area (Å²) >= 11 is 0.613. The Kier molecular flexibility index (Phi) is 3.58. The van der Waals surface area contributed by atoms with Crippen LogP contribution < -0.4 is 5.32 Å². The van der Waals surface area contributed by atoms with Crippen LogP contribution in [0.5, 0.6) is 0 Å². The predicted molar refractivity (Wildman–Crippen MR) is 60.1 cm³/mol. The van der Waals surface area contributed by atoms with Crippen molar-refractivity contribution in [3.63, 3.8) is 0 Å². The van der Waals surface area contributed by atoms with Gasteiger partial charge < -0.3 is 5.32 Å². The van der Waals surface area contributed by atoms with Gasteiger partial charge in [0.15, 0.2) is 5.01 Å². The zero-order valence-electron chi connectivity index (χ0n) is 9.27. The molecule has 0 amide bonds. The summed E-state index contributed by atoms with van der Waals surface area (Å²) in [5.41, 5.74) is 0.692. The highest BCUT2D eigenvalue weighted by atomic mass is 32.1. The van der Waals surface area contributed by atoms with Crippen LogP contribution in [0.15, 0.2) is 24.9 Å². The van der Waals surface area contributed by atoms with Gasteiger partial charge >= 0.3 is 6.18 Å². The summed E-state index contributed by atoms with van der Waals surface area (Å²) in [6.07, 6.45) is 1.29. The SMILES string of the molecule is CNC(c1cncnc1)c1cnc(C(F)(F)F)s1. The molecule has 2 aromatic heterocycles. The first kappa shape index (κ1) is 12.9. The molecule has 0 fully saturated rings. The van der Waals surface area contributed by atoms with Gasteiger partial charge in [0.2, 0.25) is 0 Å². The van der Waals surface area contributed by atoms with E-state index in [4.69, 9.17) is 0 Å². The van der Waals surface area contributed by atoms with Crippen LogP contribution in [0.1, 0.15) is 21.5 Å². The van der Waals surface area contributed by atoms with E-state index in [0.717, 1.165) is 0 Å².